The second kappa shape index (κ2) is 5.27. The first-order valence-electron chi connectivity index (χ1n) is 5.57. The van der Waals surface area contributed by atoms with Crippen molar-refractivity contribution in [3.05, 3.63) is 21.6 Å². The van der Waals surface area contributed by atoms with E-state index in [0.717, 1.165) is 0 Å². The fourth-order valence-corrected chi connectivity index (χ4v) is 2.31. The number of hydrogen-bond acceptors (Lipinski definition) is 5. The molecule has 0 aliphatic heterocycles. The van der Waals surface area contributed by atoms with Crippen molar-refractivity contribution in [2.24, 2.45) is 5.92 Å². The van der Waals surface area contributed by atoms with Crippen LogP contribution in [0, 0.1) is 16.0 Å². The van der Waals surface area contributed by atoms with Gasteiger partial charge in [0.05, 0.1) is 4.92 Å². The molecule has 0 spiro atoms. The Hall–Kier alpha value is -1.43. The number of anilines is 1. The highest BCUT2D eigenvalue weighted by Gasteiger charge is 2.22. The minimum atomic E-state index is -0.556. The number of nitrogens with one attached hydrogen (secondary N) is 1. The molecule has 2 rings (SSSR count). The predicted molar refractivity (Wildman–Crippen MR) is 64.1 cm³/mol. The lowest BCUT2D eigenvalue weighted by molar-refractivity contribution is -0.384. The van der Waals surface area contributed by atoms with Gasteiger partial charge in [-0.15, -0.1) is 0 Å². The van der Waals surface area contributed by atoms with Gasteiger partial charge in [-0.25, -0.2) is 9.97 Å². The van der Waals surface area contributed by atoms with E-state index in [4.69, 9.17) is 11.6 Å². The molecule has 17 heavy (non-hydrogen) atoms. The number of nitrogens with zero attached hydrogens (tertiary/aromatic N) is 3. The summed E-state index contributed by atoms with van der Waals surface area (Å²) in [5.74, 6) is 0.783. The Bertz CT molecular complexity index is 421. The van der Waals surface area contributed by atoms with E-state index in [1.165, 1.54) is 32.0 Å². The molecule has 0 atom stereocenters. The zero-order valence-electron chi connectivity index (χ0n) is 9.23. The molecule has 1 N–H and O–H groups in total. The highest BCUT2D eigenvalue weighted by molar-refractivity contribution is 6.31. The van der Waals surface area contributed by atoms with E-state index in [1.54, 1.807) is 0 Å². The van der Waals surface area contributed by atoms with E-state index in [0.29, 0.717) is 12.5 Å². The lowest BCUT2D eigenvalue weighted by atomic mass is 10.1. The molecule has 0 saturated heterocycles. The molecule has 6 nitrogen and oxygen atoms in total. The van der Waals surface area contributed by atoms with Gasteiger partial charge in [0.1, 0.15) is 6.33 Å². The van der Waals surface area contributed by atoms with Gasteiger partial charge in [-0.05, 0) is 18.8 Å². The maximum absolute atomic E-state index is 10.8. The highest BCUT2D eigenvalue weighted by atomic mass is 35.5. The van der Waals surface area contributed by atoms with Crippen molar-refractivity contribution < 1.29 is 4.92 Å². The summed E-state index contributed by atoms with van der Waals surface area (Å²) in [7, 11) is 0. The zero-order valence-corrected chi connectivity index (χ0v) is 9.98. The van der Waals surface area contributed by atoms with Crippen LogP contribution in [0.25, 0.3) is 0 Å². The first-order valence-corrected chi connectivity index (χ1v) is 5.95. The van der Waals surface area contributed by atoms with E-state index in [1.807, 2.05) is 0 Å². The van der Waals surface area contributed by atoms with Crippen molar-refractivity contribution in [1.82, 2.24) is 9.97 Å². The second-order valence-corrected chi connectivity index (χ2v) is 4.51. The van der Waals surface area contributed by atoms with Crippen molar-refractivity contribution in [3.63, 3.8) is 0 Å². The molecule has 92 valence electrons. The topological polar surface area (TPSA) is 81.0 Å². The van der Waals surface area contributed by atoms with Crippen LogP contribution in [0.5, 0.6) is 0 Å². The third kappa shape index (κ3) is 2.82. The van der Waals surface area contributed by atoms with Crippen molar-refractivity contribution in [1.29, 1.82) is 0 Å². The smallest absolute Gasteiger partial charge is 0.348 e. The Morgan fingerprint density at radius 1 is 1.47 bits per heavy atom. The van der Waals surface area contributed by atoms with Crippen LogP contribution in [0.2, 0.25) is 5.15 Å². The number of rotatable bonds is 4. The minimum absolute atomic E-state index is 0.126. The standard InChI is InChI=1S/C10H13ClN4O2/c11-9-8(15(16)17)10(14-6-13-9)12-5-7-3-1-2-4-7/h6-7H,1-5H2,(H,12,13,14). The van der Waals surface area contributed by atoms with Gasteiger partial charge in [-0.2, -0.15) is 0 Å². The van der Waals surface area contributed by atoms with Crippen molar-refractivity contribution in [3.8, 4) is 0 Å². The summed E-state index contributed by atoms with van der Waals surface area (Å²) in [5.41, 5.74) is -0.243. The molecule has 1 saturated carbocycles. The normalized spacial score (nSPS) is 16.1. The minimum Gasteiger partial charge on any atom is -0.364 e. The summed E-state index contributed by atoms with van der Waals surface area (Å²) < 4.78 is 0. The van der Waals surface area contributed by atoms with E-state index < -0.39 is 4.92 Å². The third-order valence-electron chi connectivity index (χ3n) is 2.99. The van der Waals surface area contributed by atoms with Crippen LogP contribution in [0.1, 0.15) is 25.7 Å². The monoisotopic (exact) mass is 256 g/mol. The molecular weight excluding hydrogens is 244 g/mol. The number of halogens is 1. The van der Waals surface area contributed by atoms with Crippen LogP contribution in [-0.2, 0) is 0 Å². The van der Waals surface area contributed by atoms with Crippen LogP contribution >= 0.6 is 11.6 Å². The van der Waals surface area contributed by atoms with Crippen LogP contribution in [0.15, 0.2) is 6.33 Å². The fourth-order valence-electron chi connectivity index (χ4n) is 2.10. The Labute approximate surface area is 104 Å². The molecule has 0 unspecified atom stereocenters. The molecule has 0 aromatic carbocycles. The first-order chi connectivity index (χ1) is 8.18. The second-order valence-electron chi connectivity index (χ2n) is 4.15. The van der Waals surface area contributed by atoms with E-state index in [2.05, 4.69) is 15.3 Å². The fraction of sp³-hybridized carbons (Fsp3) is 0.600. The van der Waals surface area contributed by atoms with Gasteiger partial charge in [-0.1, -0.05) is 24.4 Å². The molecule has 0 amide bonds. The molecular formula is C10H13ClN4O2. The Morgan fingerprint density at radius 2 is 2.18 bits per heavy atom. The van der Waals surface area contributed by atoms with Crippen LogP contribution < -0.4 is 5.32 Å². The van der Waals surface area contributed by atoms with Gasteiger partial charge in [0.2, 0.25) is 11.0 Å². The van der Waals surface area contributed by atoms with Crippen molar-refractivity contribution >= 4 is 23.1 Å². The Balaban J connectivity index is 2.09. The largest absolute Gasteiger partial charge is 0.364 e. The lowest BCUT2D eigenvalue weighted by Gasteiger charge is -2.10. The molecule has 1 aliphatic rings. The third-order valence-corrected chi connectivity index (χ3v) is 3.27. The molecule has 1 aliphatic carbocycles. The van der Waals surface area contributed by atoms with Gasteiger partial charge in [0.15, 0.2) is 0 Å². The summed E-state index contributed by atoms with van der Waals surface area (Å²) in [6.45, 7) is 0.703. The number of hydrogen-bond donors (Lipinski definition) is 1. The van der Waals surface area contributed by atoms with Crippen LogP contribution in [-0.4, -0.2) is 21.4 Å². The summed E-state index contributed by atoms with van der Waals surface area (Å²) >= 11 is 5.69. The average Bonchev–Trinajstić information content (AvgIpc) is 2.78. The van der Waals surface area contributed by atoms with Gasteiger partial charge >= 0.3 is 5.69 Å². The molecule has 0 radical (unpaired) electrons. The number of aromatic nitrogens is 2. The molecule has 0 bridgehead atoms. The average molecular weight is 257 g/mol. The van der Waals surface area contributed by atoms with Gasteiger partial charge < -0.3 is 5.32 Å². The predicted octanol–water partition coefficient (Wildman–Crippen LogP) is 2.64. The maximum atomic E-state index is 10.8. The van der Waals surface area contributed by atoms with Crippen LogP contribution in [0.3, 0.4) is 0 Å². The lowest BCUT2D eigenvalue weighted by Crippen LogP contribution is -2.13. The van der Waals surface area contributed by atoms with Crippen molar-refractivity contribution in [2.75, 3.05) is 11.9 Å². The highest BCUT2D eigenvalue weighted by Crippen LogP contribution is 2.30. The van der Waals surface area contributed by atoms with Gasteiger partial charge in [-0.3, -0.25) is 10.1 Å². The van der Waals surface area contributed by atoms with E-state index in [-0.39, 0.29) is 16.7 Å². The quantitative estimate of drug-likeness (QED) is 0.509. The molecule has 1 fully saturated rings. The Kier molecular flexibility index (Phi) is 3.73. The molecule has 1 aromatic rings. The van der Waals surface area contributed by atoms with Crippen molar-refractivity contribution in [2.45, 2.75) is 25.7 Å². The SMILES string of the molecule is O=[N+]([O-])c1c(Cl)ncnc1NCC1CCCC1. The summed E-state index contributed by atoms with van der Waals surface area (Å²) in [6, 6.07) is 0. The molecule has 1 aromatic heterocycles. The first kappa shape index (κ1) is 12.0. The van der Waals surface area contributed by atoms with E-state index >= 15 is 0 Å². The molecule has 7 heteroatoms. The maximum Gasteiger partial charge on any atom is 0.348 e. The molecule has 1 heterocycles. The summed E-state index contributed by atoms with van der Waals surface area (Å²) in [6.07, 6.45) is 6.03. The van der Waals surface area contributed by atoms with E-state index in [9.17, 15) is 10.1 Å². The number of nitro groups is 1. The summed E-state index contributed by atoms with van der Waals surface area (Å²) in [5, 5.41) is 13.7. The Morgan fingerprint density at radius 3 is 2.82 bits per heavy atom. The zero-order chi connectivity index (χ0) is 12.3. The van der Waals surface area contributed by atoms with Gasteiger partial charge in [0, 0.05) is 6.54 Å². The summed E-state index contributed by atoms with van der Waals surface area (Å²) in [4.78, 5) is 17.8. The van der Waals surface area contributed by atoms with Gasteiger partial charge in [0.25, 0.3) is 0 Å². The van der Waals surface area contributed by atoms with Crippen LogP contribution in [0.4, 0.5) is 11.5 Å².